The van der Waals surface area contributed by atoms with Crippen molar-refractivity contribution < 1.29 is 18.0 Å². The second-order valence-electron chi connectivity index (χ2n) is 7.63. The number of hydrogen-bond acceptors (Lipinski definition) is 5. The van der Waals surface area contributed by atoms with Gasteiger partial charge in [-0.25, -0.2) is 15.0 Å². The molecule has 0 unspecified atom stereocenters. The summed E-state index contributed by atoms with van der Waals surface area (Å²) < 4.78 is 39.3. The van der Waals surface area contributed by atoms with E-state index in [2.05, 4.69) is 25.6 Å². The zero-order valence-corrected chi connectivity index (χ0v) is 18.3. The zero-order chi connectivity index (χ0) is 24.3. The monoisotopic (exact) mass is 463 g/mol. The van der Waals surface area contributed by atoms with Crippen LogP contribution in [0.4, 0.5) is 30.4 Å². The Morgan fingerprint density at radius 2 is 1.65 bits per heavy atom. The van der Waals surface area contributed by atoms with Crippen molar-refractivity contribution in [3.8, 4) is 11.3 Å². The maximum atomic E-state index is 13.1. The van der Waals surface area contributed by atoms with Crippen molar-refractivity contribution in [1.82, 2.24) is 15.0 Å². The van der Waals surface area contributed by atoms with Crippen LogP contribution in [0.3, 0.4) is 0 Å². The number of aryl methyl sites for hydroxylation is 2. The van der Waals surface area contributed by atoms with Crippen LogP contribution in [-0.4, -0.2) is 20.9 Å². The average Bonchev–Trinajstić information content (AvgIpc) is 2.82. The van der Waals surface area contributed by atoms with E-state index in [1.807, 2.05) is 13.0 Å². The van der Waals surface area contributed by atoms with Crippen molar-refractivity contribution in [2.24, 2.45) is 0 Å². The van der Waals surface area contributed by atoms with Gasteiger partial charge in [0.2, 0.25) is 0 Å². The van der Waals surface area contributed by atoms with E-state index in [1.54, 1.807) is 49.6 Å². The van der Waals surface area contributed by atoms with Crippen molar-refractivity contribution >= 4 is 23.1 Å². The number of alkyl halides is 3. The van der Waals surface area contributed by atoms with Gasteiger partial charge in [0.1, 0.15) is 12.1 Å². The quantitative estimate of drug-likeness (QED) is 0.370. The molecule has 0 spiro atoms. The van der Waals surface area contributed by atoms with Gasteiger partial charge in [-0.05, 0) is 67.4 Å². The summed E-state index contributed by atoms with van der Waals surface area (Å²) in [6.45, 7) is 3.50. The summed E-state index contributed by atoms with van der Waals surface area (Å²) >= 11 is 0. The molecule has 2 heterocycles. The third-order valence-electron chi connectivity index (χ3n) is 5.23. The minimum Gasteiger partial charge on any atom is -0.339 e. The summed E-state index contributed by atoms with van der Waals surface area (Å²) in [5.74, 6) is 0.0121. The minimum absolute atomic E-state index is 0.102. The normalized spacial score (nSPS) is 11.2. The number of nitrogens with one attached hydrogen (secondary N) is 2. The van der Waals surface area contributed by atoms with Crippen LogP contribution in [-0.2, 0) is 6.18 Å². The van der Waals surface area contributed by atoms with Gasteiger partial charge in [-0.3, -0.25) is 4.79 Å². The van der Waals surface area contributed by atoms with Crippen LogP contribution >= 0.6 is 0 Å². The molecule has 0 aliphatic rings. The number of carbonyl (C=O) groups excluding carboxylic acids is 1. The van der Waals surface area contributed by atoms with Gasteiger partial charge in [-0.2, -0.15) is 13.2 Å². The lowest BCUT2D eigenvalue weighted by atomic mass is 10.1. The van der Waals surface area contributed by atoms with E-state index in [0.29, 0.717) is 22.8 Å². The fourth-order valence-corrected chi connectivity index (χ4v) is 3.31. The summed E-state index contributed by atoms with van der Waals surface area (Å²) in [6, 6.07) is 13.7. The van der Waals surface area contributed by atoms with E-state index in [0.717, 1.165) is 23.3 Å². The topological polar surface area (TPSA) is 79.8 Å². The first kappa shape index (κ1) is 22.9. The number of halogens is 3. The Kier molecular flexibility index (Phi) is 6.27. The minimum atomic E-state index is -4.50. The SMILES string of the molecule is Cc1ccc(C(F)(F)F)cc1NC(=O)c1ccc(C)c(Nc2ncccc2-c2ccncn2)c1. The summed E-state index contributed by atoms with van der Waals surface area (Å²) in [7, 11) is 0. The highest BCUT2D eigenvalue weighted by atomic mass is 19.4. The lowest BCUT2D eigenvalue weighted by Gasteiger charge is -2.15. The molecular formula is C25H20F3N5O. The number of nitrogens with zero attached hydrogens (tertiary/aromatic N) is 3. The maximum Gasteiger partial charge on any atom is 0.416 e. The molecule has 0 radical (unpaired) electrons. The van der Waals surface area contributed by atoms with E-state index in [1.165, 1.54) is 12.4 Å². The zero-order valence-electron chi connectivity index (χ0n) is 18.3. The standard InChI is InChI=1S/C25H20F3N5O/c1-15-5-7-17(24(34)33-22-13-18(25(26,27)28)8-6-16(22)2)12-21(15)32-23-19(4-3-10-30-23)20-9-11-29-14-31-20/h3-14H,1-2H3,(H,30,32)(H,33,34). The molecule has 34 heavy (non-hydrogen) atoms. The first-order valence-corrected chi connectivity index (χ1v) is 10.3. The van der Waals surface area contributed by atoms with Crippen LogP contribution in [0.25, 0.3) is 11.3 Å². The van der Waals surface area contributed by atoms with Crippen LogP contribution in [0.15, 0.2) is 73.3 Å². The molecule has 2 aromatic carbocycles. The molecule has 0 bridgehead atoms. The fourth-order valence-electron chi connectivity index (χ4n) is 3.31. The Morgan fingerprint density at radius 1 is 0.882 bits per heavy atom. The molecular weight excluding hydrogens is 443 g/mol. The number of benzene rings is 2. The highest BCUT2D eigenvalue weighted by Gasteiger charge is 2.31. The molecule has 4 rings (SSSR count). The molecule has 2 aromatic heterocycles. The Balaban J connectivity index is 1.61. The van der Waals surface area contributed by atoms with Gasteiger partial charge in [0.25, 0.3) is 5.91 Å². The van der Waals surface area contributed by atoms with Crippen molar-refractivity contribution in [2.45, 2.75) is 20.0 Å². The molecule has 172 valence electrons. The van der Waals surface area contributed by atoms with Crippen LogP contribution in [0, 0.1) is 13.8 Å². The van der Waals surface area contributed by atoms with Gasteiger partial charge in [0, 0.05) is 34.9 Å². The smallest absolute Gasteiger partial charge is 0.339 e. The predicted octanol–water partition coefficient (Wildman–Crippen LogP) is 6.17. The summed E-state index contributed by atoms with van der Waals surface area (Å²) in [4.78, 5) is 25.5. The Labute approximate surface area is 193 Å². The van der Waals surface area contributed by atoms with Crippen LogP contribution in [0.5, 0.6) is 0 Å². The molecule has 9 heteroatoms. The highest BCUT2D eigenvalue weighted by Crippen LogP contribution is 2.33. The predicted molar refractivity (Wildman–Crippen MR) is 124 cm³/mol. The lowest BCUT2D eigenvalue weighted by molar-refractivity contribution is -0.137. The number of amides is 1. The lowest BCUT2D eigenvalue weighted by Crippen LogP contribution is -2.14. The van der Waals surface area contributed by atoms with Crippen molar-refractivity contribution in [3.05, 3.63) is 95.6 Å². The van der Waals surface area contributed by atoms with Crippen molar-refractivity contribution in [2.75, 3.05) is 10.6 Å². The molecule has 0 saturated heterocycles. The maximum absolute atomic E-state index is 13.1. The molecule has 0 aliphatic heterocycles. The van der Waals surface area contributed by atoms with E-state index < -0.39 is 17.6 Å². The van der Waals surface area contributed by atoms with Crippen molar-refractivity contribution in [1.29, 1.82) is 0 Å². The van der Waals surface area contributed by atoms with E-state index >= 15 is 0 Å². The van der Waals surface area contributed by atoms with E-state index in [4.69, 9.17) is 0 Å². The van der Waals surface area contributed by atoms with Gasteiger partial charge in [0.15, 0.2) is 0 Å². The Morgan fingerprint density at radius 3 is 2.38 bits per heavy atom. The average molecular weight is 463 g/mol. The molecule has 6 nitrogen and oxygen atoms in total. The van der Waals surface area contributed by atoms with Crippen LogP contribution in [0.1, 0.15) is 27.0 Å². The van der Waals surface area contributed by atoms with Gasteiger partial charge >= 0.3 is 6.18 Å². The third kappa shape index (κ3) is 5.03. The molecule has 4 aromatic rings. The summed E-state index contributed by atoms with van der Waals surface area (Å²) in [5.41, 5.74) is 2.99. The Hall–Kier alpha value is -4.27. The van der Waals surface area contributed by atoms with Crippen LogP contribution in [0.2, 0.25) is 0 Å². The Bertz CT molecular complexity index is 1340. The number of anilines is 3. The fraction of sp³-hybridized carbons (Fsp3) is 0.120. The number of carbonyl (C=O) groups is 1. The van der Waals surface area contributed by atoms with Crippen LogP contribution < -0.4 is 10.6 Å². The number of hydrogen-bond donors (Lipinski definition) is 2. The van der Waals surface area contributed by atoms with E-state index in [9.17, 15) is 18.0 Å². The first-order valence-electron chi connectivity index (χ1n) is 10.3. The molecule has 0 atom stereocenters. The van der Waals surface area contributed by atoms with Gasteiger partial charge < -0.3 is 10.6 Å². The van der Waals surface area contributed by atoms with Gasteiger partial charge in [-0.15, -0.1) is 0 Å². The molecule has 2 N–H and O–H groups in total. The molecule has 0 fully saturated rings. The molecule has 0 aliphatic carbocycles. The molecule has 1 amide bonds. The van der Waals surface area contributed by atoms with Gasteiger partial charge in [0.05, 0.1) is 11.3 Å². The molecule has 0 saturated carbocycles. The third-order valence-corrected chi connectivity index (χ3v) is 5.23. The number of pyridine rings is 1. The van der Waals surface area contributed by atoms with Gasteiger partial charge in [-0.1, -0.05) is 12.1 Å². The number of rotatable bonds is 5. The van der Waals surface area contributed by atoms with E-state index in [-0.39, 0.29) is 11.3 Å². The number of aromatic nitrogens is 3. The second-order valence-corrected chi connectivity index (χ2v) is 7.63. The summed E-state index contributed by atoms with van der Waals surface area (Å²) in [6.07, 6.45) is 0.205. The largest absolute Gasteiger partial charge is 0.416 e. The summed E-state index contributed by atoms with van der Waals surface area (Å²) in [5, 5.41) is 5.83. The second kappa shape index (κ2) is 9.30. The first-order chi connectivity index (χ1) is 16.2. The van der Waals surface area contributed by atoms with Crippen molar-refractivity contribution in [3.63, 3.8) is 0 Å². The highest BCUT2D eigenvalue weighted by molar-refractivity contribution is 6.05.